The number of carbonyl (C=O) groups excluding carboxylic acids is 2. The molecular formula is C23H19FO3. The summed E-state index contributed by atoms with van der Waals surface area (Å²) in [5.74, 6) is -1.62. The van der Waals surface area contributed by atoms with Crippen LogP contribution < -0.4 is 0 Å². The quantitative estimate of drug-likeness (QED) is 0.461. The van der Waals surface area contributed by atoms with Gasteiger partial charge < -0.3 is 4.74 Å². The van der Waals surface area contributed by atoms with E-state index in [-0.39, 0.29) is 11.3 Å². The highest BCUT2D eigenvalue weighted by Crippen LogP contribution is 2.25. The molecule has 0 fully saturated rings. The van der Waals surface area contributed by atoms with Crippen molar-refractivity contribution in [2.24, 2.45) is 0 Å². The number of rotatable bonds is 5. The van der Waals surface area contributed by atoms with E-state index in [1.807, 2.05) is 38.1 Å². The van der Waals surface area contributed by atoms with Crippen molar-refractivity contribution in [2.45, 2.75) is 20.0 Å². The van der Waals surface area contributed by atoms with Gasteiger partial charge in [0.2, 0.25) is 5.78 Å². The van der Waals surface area contributed by atoms with Gasteiger partial charge in [0.15, 0.2) is 6.10 Å². The lowest BCUT2D eigenvalue weighted by Gasteiger charge is -2.18. The molecule has 0 spiro atoms. The third-order valence-electron chi connectivity index (χ3n) is 4.24. The zero-order chi connectivity index (χ0) is 19.4. The van der Waals surface area contributed by atoms with Crippen molar-refractivity contribution in [1.29, 1.82) is 0 Å². The second-order valence-electron chi connectivity index (χ2n) is 6.44. The van der Waals surface area contributed by atoms with E-state index in [1.54, 1.807) is 24.3 Å². The van der Waals surface area contributed by atoms with E-state index in [1.165, 1.54) is 18.2 Å². The van der Waals surface area contributed by atoms with Crippen molar-refractivity contribution in [1.82, 2.24) is 0 Å². The van der Waals surface area contributed by atoms with Gasteiger partial charge in [-0.3, -0.25) is 4.79 Å². The van der Waals surface area contributed by atoms with Crippen molar-refractivity contribution < 1.29 is 18.7 Å². The maximum absolute atomic E-state index is 13.4. The molecule has 0 unspecified atom stereocenters. The fraction of sp³-hybridized carbons (Fsp3) is 0.130. The monoisotopic (exact) mass is 362 g/mol. The summed E-state index contributed by atoms with van der Waals surface area (Å²) in [4.78, 5) is 25.5. The first-order valence-electron chi connectivity index (χ1n) is 8.58. The smallest absolute Gasteiger partial charge is 0.339 e. The summed E-state index contributed by atoms with van der Waals surface area (Å²) in [6.07, 6.45) is -1.11. The zero-order valence-electron chi connectivity index (χ0n) is 15.1. The molecule has 0 aliphatic carbocycles. The first kappa shape index (κ1) is 18.5. The molecule has 0 N–H and O–H groups in total. The van der Waals surface area contributed by atoms with Gasteiger partial charge in [-0.1, -0.05) is 65.7 Å². The van der Waals surface area contributed by atoms with Gasteiger partial charge in [0.1, 0.15) is 5.82 Å². The standard InChI is InChI=1S/C23H19FO3/c1-15-6-10-17(11-7-15)21(25)22(18-12-8-16(2)9-13-18)27-23(26)19-4-3-5-20(24)14-19/h3-14,22H,1-2H3/t22-/m0/s1. The second kappa shape index (κ2) is 7.96. The van der Waals surface area contributed by atoms with Crippen LogP contribution in [0.1, 0.15) is 43.5 Å². The van der Waals surface area contributed by atoms with E-state index in [0.717, 1.165) is 17.2 Å². The molecule has 0 heterocycles. The van der Waals surface area contributed by atoms with Crippen LogP contribution in [0.15, 0.2) is 72.8 Å². The van der Waals surface area contributed by atoms with E-state index in [2.05, 4.69) is 0 Å². The maximum atomic E-state index is 13.4. The summed E-state index contributed by atoms with van der Waals surface area (Å²) >= 11 is 0. The number of ketones is 1. The number of benzene rings is 3. The zero-order valence-corrected chi connectivity index (χ0v) is 15.1. The Morgan fingerprint density at radius 3 is 2.00 bits per heavy atom. The average Bonchev–Trinajstić information content (AvgIpc) is 2.67. The van der Waals surface area contributed by atoms with Crippen LogP contribution in [0.5, 0.6) is 0 Å². The molecule has 136 valence electrons. The minimum Gasteiger partial charge on any atom is -0.445 e. The largest absolute Gasteiger partial charge is 0.445 e. The molecule has 0 aliphatic heterocycles. The van der Waals surface area contributed by atoms with Crippen molar-refractivity contribution in [3.05, 3.63) is 106 Å². The topological polar surface area (TPSA) is 43.4 Å². The van der Waals surface area contributed by atoms with Gasteiger partial charge in [0.25, 0.3) is 0 Å². The molecule has 3 aromatic carbocycles. The molecule has 0 saturated carbocycles. The normalized spacial score (nSPS) is 11.7. The van der Waals surface area contributed by atoms with Crippen LogP contribution in [0.25, 0.3) is 0 Å². The van der Waals surface area contributed by atoms with Gasteiger partial charge in [0.05, 0.1) is 5.56 Å². The average molecular weight is 362 g/mol. The highest BCUT2D eigenvalue weighted by Gasteiger charge is 2.27. The fourth-order valence-electron chi connectivity index (χ4n) is 2.67. The molecule has 0 radical (unpaired) electrons. The minimum atomic E-state index is -1.11. The van der Waals surface area contributed by atoms with Gasteiger partial charge in [-0.2, -0.15) is 0 Å². The Hall–Kier alpha value is -3.27. The van der Waals surface area contributed by atoms with Gasteiger partial charge in [-0.05, 0) is 32.0 Å². The Balaban J connectivity index is 1.94. The fourth-order valence-corrected chi connectivity index (χ4v) is 2.67. The maximum Gasteiger partial charge on any atom is 0.339 e. The lowest BCUT2D eigenvalue weighted by Crippen LogP contribution is -2.20. The Morgan fingerprint density at radius 2 is 1.41 bits per heavy atom. The van der Waals surface area contributed by atoms with Crippen LogP contribution in [0.2, 0.25) is 0 Å². The van der Waals surface area contributed by atoms with Crippen LogP contribution in [0.4, 0.5) is 4.39 Å². The third-order valence-corrected chi connectivity index (χ3v) is 4.24. The number of hydrogen-bond donors (Lipinski definition) is 0. The molecule has 0 bridgehead atoms. The minimum absolute atomic E-state index is 0.0591. The molecule has 0 saturated heterocycles. The molecule has 0 aromatic heterocycles. The summed E-state index contributed by atoms with van der Waals surface area (Å²) in [5, 5.41) is 0. The summed E-state index contributed by atoms with van der Waals surface area (Å²) in [5.41, 5.74) is 3.12. The summed E-state index contributed by atoms with van der Waals surface area (Å²) < 4.78 is 18.9. The van der Waals surface area contributed by atoms with Gasteiger partial charge in [0, 0.05) is 11.1 Å². The number of esters is 1. The highest BCUT2D eigenvalue weighted by molar-refractivity contribution is 6.02. The van der Waals surface area contributed by atoms with E-state index < -0.39 is 17.9 Å². The number of carbonyl (C=O) groups is 2. The summed E-state index contributed by atoms with van der Waals surface area (Å²) in [6, 6.07) is 19.5. The lowest BCUT2D eigenvalue weighted by molar-refractivity contribution is 0.0279. The van der Waals surface area contributed by atoms with E-state index in [0.29, 0.717) is 11.1 Å². The van der Waals surface area contributed by atoms with Crippen molar-refractivity contribution in [3.8, 4) is 0 Å². The lowest BCUT2D eigenvalue weighted by atomic mass is 9.98. The van der Waals surface area contributed by atoms with Gasteiger partial charge in [-0.25, -0.2) is 9.18 Å². The summed E-state index contributed by atoms with van der Waals surface area (Å²) in [7, 11) is 0. The van der Waals surface area contributed by atoms with Crippen LogP contribution in [0.3, 0.4) is 0 Å². The second-order valence-corrected chi connectivity index (χ2v) is 6.44. The van der Waals surface area contributed by atoms with E-state index >= 15 is 0 Å². The molecule has 0 aliphatic rings. The van der Waals surface area contributed by atoms with Gasteiger partial charge in [-0.15, -0.1) is 0 Å². The highest BCUT2D eigenvalue weighted by atomic mass is 19.1. The van der Waals surface area contributed by atoms with E-state index in [4.69, 9.17) is 4.74 Å². The summed E-state index contributed by atoms with van der Waals surface area (Å²) in [6.45, 7) is 3.86. The molecule has 27 heavy (non-hydrogen) atoms. The Bertz CT molecular complexity index is 960. The molecule has 4 heteroatoms. The molecular weight excluding hydrogens is 343 g/mol. The van der Waals surface area contributed by atoms with Crippen LogP contribution in [-0.2, 0) is 4.74 Å². The van der Waals surface area contributed by atoms with Crippen molar-refractivity contribution >= 4 is 11.8 Å². The SMILES string of the molecule is Cc1ccc(C(=O)[C@@H](OC(=O)c2cccc(F)c2)c2ccc(C)cc2)cc1. The molecule has 3 nitrogen and oxygen atoms in total. The number of aryl methyl sites for hydroxylation is 2. The third kappa shape index (κ3) is 4.47. The molecule has 3 aromatic rings. The first-order valence-corrected chi connectivity index (χ1v) is 8.58. The predicted molar refractivity (Wildman–Crippen MR) is 101 cm³/mol. The number of halogens is 1. The number of Topliss-reactive ketones (excluding diaryl/α,β-unsaturated/α-hetero) is 1. The first-order chi connectivity index (χ1) is 12.9. The van der Waals surface area contributed by atoms with Crippen molar-refractivity contribution in [3.63, 3.8) is 0 Å². The molecule has 0 amide bonds. The van der Waals surface area contributed by atoms with Crippen LogP contribution in [0, 0.1) is 19.7 Å². The molecule has 1 atom stereocenters. The predicted octanol–water partition coefficient (Wildman–Crippen LogP) is 5.22. The van der Waals surface area contributed by atoms with Gasteiger partial charge >= 0.3 is 5.97 Å². The van der Waals surface area contributed by atoms with Crippen LogP contribution in [-0.4, -0.2) is 11.8 Å². The van der Waals surface area contributed by atoms with E-state index in [9.17, 15) is 14.0 Å². The molecule has 3 rings (SSSR count). The van der Waals surface area contributed by atoms with Crippen molar-refractivity contribution in [2.75, 3.05) is 0 Å². The van der Waals surface area contributed by atoms with Crippen LogP contribution >= 0.6 is 0 Å². The number of hydrogen-bond acceptors (Lipinski definition) is 3. The Labute approximate surface area is 157 Å². The Kier molecular flexibility index (Phi) is 5.46. The number of ether oxygens (including phenoxy) is 1. The Morgan fingerprint density at radius 1 is 0.815 bits per heavy atom.